The third kappa shape index (κ3) is 3.15. The molecule has 0 saturated heterocycles. The highest BCUT2D eigenvalue weighted by Gasteiger charge is 2.08. The molecule has 0 aliphatic heterocycles. The smallest absolute Gasteiger partial charge is 0.165 e. The zero-order valence-corrected chi connectivity index (χ0v) is 11.9. The second-order valence-electron chi connectivity index (χ2n) is 3.79. The summed E-state index contributed by atoms with van der Waals surface area (Å²) in [5.74, 6) is -0.515. The number of rotatable bonds is 3. The van der Waals surface area contributed by atoms with E-state index in [2.05, 4.69) is 5.32 Å². The number of hydrogen-bond acceptors (Lipinski definition) is 2. The van der Waals surface area contributed by atoms with Gasteiger partial charge in [0.2, 0.25) is 0 Å². The zero-order valence-electron chi connectivity index (χ0n) is 9.58. The highest BCUT2D eigenvalue weighted by Crippen LogP contribution is 2.27. The van der Waals surface area contributed by atoms with Crippen molar-refractivity contribution in [2.45, 2.75) is 0 Å². The SMILES string of the molecule is NC(=S)c1ccc(Nc2cccc(Cl)c2F)cc1Cl. The van der Waals surface area contributed by atoms with Crippen LogP contribution in [0.4, 0.5) is 15.8 Å². The lowest BCUT2D eigenvalue weighted by molar-refractivity contribution is 0.632. The fourth-order valence-electron chi connectivity index (χ4n) is 1.55. The third-order valence-corrected chi connectivity index (χ3v) is 3.29. The fourth-order valence-corrected chi connectivity index (χ4v) is 2.24. The number of anilines is 2. The molecule has 0 aliphatic rings. The van der Waals surface area contributed by atoms with Gasteiger partial charge in [-0.3, -0.25) is 0 Å². The van der Waals surface area contributed by atoms with E-state index in [1.54, 1.807) is 30.3 Å². The van der Waals surface area contributed by atoms with Crippen molar-refractivity contribution in [2.75, 3.05) is 5.32 Å². The number of nitrogens with two attached hydrogens (primary N) is 1. The normalized spacial score (nSPS) is 10.3. The first-order valence-electron chi connectivity index (χ1n) is 5.29. The Labute approximate surface area is 125 Å². The first kappa shape index (κ1) is 14.1. The van der Waals surface area contributed by atoms with Gasteiger partial charge in [0.1, 0.15) is 4.99 Å². The summed E-state index contributed by atoms with van der Waals surface area (Å²) >= 11 is 16.6. The third-order valence-electron chi connectivity index (χ3n) is 2.47. The number of thiocarbonyl (C=S) groups is 1. The average Bonchev–Trinajstić information content (AvgIpc) is 2.34. The van der Waals surface area contributed by atoms with Gasteiger partial charge in [-0.15, -0.1) is 0 Å². The molecule has 2 rings (SSSR count). The summed E-state index contributed by atoms with van der Waals surface area (Å²) in [4.78, 5) is 0.213. The van der Waals surface area contributed by atoms with Gasteiger partial charge in [-0.1, -0.05) is 41.5 Å². The van der Waals surface area contributed by atoms with E-state index in [9.17, 15) is 4.39 Å². The molecule has 0 radical (unpaired) electrons. The van der Waals surface area contributed by atoms with Crippen molar-refractivity contribution in [1.29, 1.82) is 0 Å². The minimum atomic E-state index is -0.515. The van der Waals surface area contributed by atoms with Crippen LogP contribution in [0, 0.1) is 5.82 Å². The fraction of sp³-hybridized carbons (Fsp3) is 0. The van der Waals surface area contributed by atoms with Gasteiger partial charge >= 0.3 is 0 Å². The van der Waals surface area contributed by atoms with Crippen LogP contribution in [0.3, 0.4) is 0 Å². The second-order valence-corrected chi connectivity index (χ2v) is 5.04. The summed E-state index contributed by atoms with van der Waals surface area (Å²) in [5.41, 5.74) is 6.97. The molecule has 0 atom stereocenters. The van der Waals surface area contributed by atoms with E-state index in [4.69, 9.17) is 41.2 Å². The van der Waals surface area contributed by atoms with E-state index in [0.29, 0.717) is 16.3 Å². The molecule has 0 heterocycles. The van der Waals surface area contributed by atoms with Crippen molar-refractivity contribution >= 4 is 51.8 Å². The maximum atomic E-state index is 13.7. The molecule has 2 nitrogen and oxygen atoms in total. The predicted molar refractivity (Wildman–Crippen MR) is 82.0 cm³/mol. The lowest BCUT2D eigenvalue weighted by Crippen LogP contribution is -2.10. The Hall–Kier alpha value is -1.36. The highest BCUT2D eigenvalue weighted by molar-refractivity contribution is 7.80. The summed E-state index contributed by atoms with van der Waals surface area (Å²) in [6, 6.07) is 9.72. The van der Waals surface area contributed by atoms with Crippen LogP contribution in [-0.2, 0) is 0 Å². The van der Waals surface area contributed by atoms with Gasteiger partial charge < -0.3 is 11.1 Å². The van der Waals surface area contributed by atoms with Crippen LogP contribution in [0.15, 0.2) is 36.4 Å². The Bertz CT molecular complexity index is 647. The van der Waals surface area contributed by atoms with E-state index < -0.39 is 5.82 Å². The lowest BCUT2D eigenvalue weighted by Gasteiger charge is -2.10. The maximum absolute atomic E-state index is 13.7. The van der Waals surface area contributed by atoms with Crippen LogP contribution >= 0.6 is 35.4 Å². The van der Waals surface area contributed by atoms with E-state index in [0.717, 1.165) is 0 Å². The minimum Gasteiger partial charge on any atom is -0.389 e. The molecular formula is C13H9Cl2FN2S. The van der Waals surface area contributed by atoms with Crippen LogP contribution in [0.1, 0.15) is 5.56 Å². The summed E-state index contributed by atoms with van der Waals surface area (Å²) in [6.45, 7) is 0. The van der Waals surface area contributed by atoms with Crippen LogP contribution in [0.5, 0.6) is 0 Å². The molecule has 2 aromatic rings. The van der Waals surface area contributed by atoms with Gasteiger partial charge in [-0.2, -0.15) is 0 Å². The first-order chi connectivity index (χ1) is 8.99. The first-order valence-corrected chi connectivity index (χ1v) is 6.46. The Morgan fingerprint density at radius 2 is 1.89 bits per heavy atom. The standard InChI is InChI=1S/C13H9Cl2FN2S/c14-9-2-1-3-11(12(9)16)18-7-4-5-8(13(17)19)10(15)6-7/h1-6,18H,(H2,17,19). The minimum absolute atomic E-state index is 0.0517. The number of hydrogen-bond donors (Lipinski definition) is 2. The van der Waals surface area contributed by atoms with Gasteiger partial charge in [0.25, 0.3) is 0 Å². The molecule has 3 N–H and O–H groups in total. The maximum Gasteiger partial charge on any atom is 0.165 e. The molecule has 0 saturated carbocycles. The number of halogens is 3. The van der Waals surface area contributed by atoms with Crippen molar-refractivity contribution in [3.8, 4) is 0 Å². The van der Waals surface area contributed by atoms with Gasteiger partial charge in [0.05, 0.1) is 15.7 Å². The summed E-state index contributed by atoms with van der Waals surface area (Å²) in [7, 11) is 0. The Balaban J connectivity index is 2.32. The molecule has 0 aromatic heterocycles. The molecule has 0 bridgehead atoms. The van der Waals surface area contributed by atoms with Crippen molar-refractivity contribution in [2.24, 2.45) is 5.73 Å². The number of nitrogens with one attached hydrogen (secondary N) is 1. The summed E-state index contributed by atoms with van der Waals surface area (Å²) in [6.07, 6.45) is 0. The number of benzene rings is 2. The summed E-state index contributed by atoms with van der Waals surface area (Å²) < 4.78 is 13.7. The van der Waals surface area contributed by atoms with Crippen LogP contribution < -0.4 is 11.1 Å². The van der Waals surface area contributed by atoms with Gasteiger partial charge in [0, 0.05) is 11.3 Å². The Morgan fingerprint density at radius 1 is 1.16 bits per heavy atom. The van der Waals surface area contributed by atoms with Crippen molar-refractivity contribution in [3.05, 3.63) is 57.8 Å². The predicted octanol–water partition coefficient (Wildman–Crippen LogP) is 4.51. The van der Waals surface area contributed by atoms with Gasteiger partial charge in [-0.05, 0) is 30.3 Å². The molecule has 0 fully saturated rings. The van der Waals surface area contributed by atoms with E-state index >= 15 is 0 Å². The molecule has 6 heteroatoms. The monoisotopic (exact) mass is 314 g/mol. The van der Waals surface area contributed by atoms with Crippen LogP contribution in [0.2, 0.25) is 10.0 Å². The molecule has 0 aliphatic carbocycles. The summed E-state index contributed by atoms with van der Waals surface area (Å²) in [5, 5.41) is 3.35. The zero-order chi connectivity index (χ0) is 14.0. The van der Waals surface area contributed by atoms with E-state index in [1.807, 2.05) is 0 Å². The van der Waals surface area contributed by atoms with Crippen molar-refractivity contribution in [3.63, 3.8) is 0 Å². The Morgan fingerprint density at radius 3 is 2.53 bits per heavy atom. The van der Waals surface area contributed by atoms with Gasteiger partial charge in [0.15, 0.2) is 5.82 Å². The molecule has 0 unspecified atom stereocenters. The Kier molecular flexibility index (Phi) is 4.24. The molecular weight excluding hydrogens is 306 g/mol. The van der Waals surface area contributed by atoms with E-state index in [1.165, 1.54) is 6.07 Å². The molecule has 0 spiro atoms. The van der Waals surface area contributed by atoms with E-state index in [-0.39, 0.29) is 15.7 Å². The second kappa shape index (κ2) is 5.74. The highest BCUT2D eigenvalue weighted by atomic mass is 35.5. The molecule has 19 heavy (non-hydrogen) atoms. The molecule has 98 valence electrons. The topological polar surface area (TPSA) is 38.0 Å². The van der Waals surface area contributed by atoms with Crippen LogP contribution in [0.25, 0.3) is 0 Å². The average molecular weight is 315 g/mol. The van der Waals surface area contributed by atoms with Gasteiger partial charge in [-0.25, -0.2) is 4.39 Å². The van der Waals surface area contributed by atoms with Crippen molar-refractivity contribution < 1.29 is 4.39 Å². The van der Waals surface area contributed by atoms with Crippen molar-refractivity contribution in [1.82, 2.24) is 0 Å². The molecule has 0 amide bonds. The largest absolute Gasteiger partial charge is 0.389 e. The quantitative estimate of drug-likeness (QED) is 0.819. The lowest BCUT2D eigenvalue weighted by atomic mass is 10.2. The molecule has 2 aromatic carbocycles. The van der Waals surface area contributed by atoms with Crippen LogP contribution in [-0.4, -0.2) is 4.99 Å².